The molecule has 2 heterocycles. The first-order valence-corrected chi connectivity index (χ1v) is 10.3. The van der Waals surface area contributed by atoms with E-state index in [1.165, 1.54) is 4.68 Å². The molecule has 0 radical (unpaired) electrons. The van der Waals surface area contributed by atoms with Crippen LogP contribution in [0.15, 0.2) is 54.7 Å². The molecule has 2 aromatic heterocycles. The maximum absolute atomic E-state index is 9.85. The lowest BCUT2D eigenvalue weighted by Crippen LogP contribution is -2.07. The number of benzene rings is 2. The number of anilines is 1. The third-order valence-corrected chi connectivity index (χ3v) is 5.58. The molecule has 8 heteroatoms. The molecular formula is C24H19ClN6O. The molecule has 158 valence electrons. The summed E-state index contributed by atoms with van der Waals surface area (Å²) in [7, 11) is 0. The molecule has 0 saturated carbocycles. The third-order valence-electron chi connectivity index (χ3n) is 5.21. The predicted molar refractivity (Wildman–Crippen MR) is 124 cm³/mol. The van der Waals surface area contributed by atoms with Gasteiger partial charge in [0, 0.05) is 34.2 Å². The first-order valence-electron chi connectivity index (χ1n) is 9.88. The molecule has 0 amide bonds. The molecule has 0 saturated heterocycles. The Morgan fingerprint density at radius 1 is 1.16 bits per heavy atom. The van der Waals surface area contributed by atoms with Crippen molar-refractivity contribution in [3.8, 4) is 12.1 Å². The summed E-state index contributed by atoms with van der Waals surface area (Å²) in [6.07, 6.45) is 3.66. The summed E-state index contributed by atoms with van der Waals surface area (Å²) < 4.78 is 3.40. The zero-order valence-corrected chi connectivity index (χ0v) is 17.8. The molecule has 2 aromatic carbocycles. The molecule has 3 N–H and O–H groups in total. The lowest BCUT2D eigenvalue weighted by Gasteiger charge is -2.07. The normalized spacial score (nSPS) is 11.4. The number of aromatic nitrogens is 3. The summed E-state index contributed by atoms with van der Waals surface area (Å²) in [6.45, 7) is 0.519. The number of halogens is 1. The van der Waals surface area contributed by atoms with Crippen molar-refractivity contribution in [1.82, 2.24) is 14.3 Å². The molecule has 4 aromatic rings. The van der Waals surface area contributed by atoms with Crippen molar-refractivity contribution in [1.29, 1.82) is 10.5 Å². The van der Waals surface area contributed by atoms with Crippen molar-refractivity contribution in [2.24, 2.45) is 0 Å². The summed E-state index contributed by atoms with van der Waals surface area (Å²) in [6, 6.07) is 19.7. The van der Waals surface area contributed by atoms with Crippen LogP contribution in [0.5, 0.6) is 0 Å². The molecule has 32 heavy (non-hydrogen) atoms. The van der Waals surface area contributed by atoms with Gasteiger partial charge < -0.3 is 15.4 Å². The number of aliphatic hydroxyl groups excluding tert-OH is 1. The molecule has 4 rings (SSSR count). The Morgan fingerprint density at radius 2 is 1.91 bits per heavy atom. The molecule has 0 aliphatic rings. The van der Waals surface area contributed by atoms with Crippen LogP contribution in [0, 0.1) is 22.7 Å². The zero-order chi connectivity index (χ0) is 22.7. The van der Waals surface area contributed by atoms with Gasteiger partial charge in [-0.25, -0.2) is 4.68 Å². The van der Waals surface area contributed by atoms with E-state index in [1.807, 2.05) is 60.8 Å². The zero-order valence-electron chi connectivity index (χ0n) is 17.0. The molecule has 7 nitrogen and oxygen atoms in total. The second-order valence-corrected chi connectivity index (χ2v) is 7.57. The molecule has 0 unspecified atom stereocenters. The van der Waals surface area contributed by atoms with Crippen LogP contribution >= 0.6 is 11.6 Å². The van der Waals surface area contributed by atoms with E-state index in [4.69, 9.17) is 17.3 Å². The highest BCUT2D eigenvalue weighted by atomic mass is 35.5. The first kappa shape index (κ1) is 21.2. The maximum atomic E-state index is 9.85. The van der Waals surface area contributed by atoms with Crippen LogP contribution in [0.4, 0.5) is 5.82 Å². The average Bonchev–Trinajstić information content (AvgIpc) is 3.31. The predicted octanol–water partition coefficient (Wildman–Crippen LogP) is 4.05. The van der Waals surface area contributed by atoms with Gasteiger partial charge in [0.2, 0.25) is 0 Å². The van der Waals surface area contributed by atoms with Gasteiger partial charge in [0.15, 0.2) is 0 Å². The SMILES string of the molecule is N#C/C(=C\c1cn(Cc2ccccc2Cl)c2ccccc12)c1nn(CCO)c(N)c1C#N. The van der Waals surface area contributed by atoms with E-state index in [9.17, 15) is 15.6 Å². The summed E-state index contributed by atoms with van der Waals surface area (Å²) in [5.41, 5.74) is 9.30. The summed E-state index contributed by atoms with van der Waals surface area (Å²) >= 11 is 6.36. The lowest BCUT2D eigenvalue weighted by atomic mass is 10.1. The quantitative estimate of drug-likeness (QED) is 0.437. The molecule has 0 bridgehead atoms. The average molecular weight is 443 g/mol. The summed E-state index contributed by atoms with van der Waals surface area (Å²) in [5.74, 6) is 0.124. The standard InChI is InChI=1S/C24H19ClN6O/c25-21-7-3-1-5-16(21)14-30-15-18(19-6-2-4-8-22(19)30)11-17(12-26)23-20(13-27)24(28)31(29-23)9-10-32/h1-8,11,15,32H,9-10,14,28H2/b17-11+. The number of allylic oxidation sites excluding steroid dienone is 1. The monoisotopic (exact) mass is 442 g/mol. The van der Waals surface area contributed by atoms with E-state index in [-0.39, 0.29) is 35.8 Å². The van der Waals surface area contributed by atoms with Crippen molar-refractivity contribution < 1.29 is 5.11 Å². The highest BCUT2D eigenvalue weighted by molar-refractivity contribution is 6.31. The molecule has 0 spiro atoms. The summed E-state index contributed by atoms with van der Waals surface area (Å²) in [5, 5.41) is 34.6. The number of para-hydroxylation sites is 1. The molecule has 0 atom stereocenters. The van der Waals surface area contributed by atoms with E-state index in [1.54, 1.807) is 6.08 Å². The minimum atomic E-state index is -0.183. The van der Waals surface area contributed by atoms with E-state index in [2.05, 4.69) is 15.7 Å². The van der Waals surface area contributed by atoms with Crippen molar-refractivity contribution in [3.05, 3.63) is 82.1 Å². The Hall–Kier alpha value is -4.04. The van der Waals surface area contributed by atoms with Crippen LogP contribution in [0.3, 0.4) is 0 Å². The van der Waals surface area contributed by atoms with Gasteiger partial charge in [-0.15, -0.1) is 0 Å². The Kier molecular flexibility index (Phi) is 5.96. The third kappa shape index (κ3) is 3.83. The topological polar surface area (TPSA) is 117 Å². The first-order chi connectivity index (χ1) is 15.6. The van der Waals surface area contributed by atoms with Crippen LogP contribution in [0.1, 0.15) is 22.4 Å². The fraction of sp³-hybridized carbons (Fsp3) is 0.125. The van der Waals surface area contributed by atoms with E-state index in [0.29, 0.717) is 11.6 Å². The van der Waals surface area contributed by atoms with Gasteiger partial charge in [-0.3, -0.25) is 0 Å². The minimum absolute atomic E-state index is 0.117. The van der Waals surface area contributed by atoms with Gasteiger partial charge >= 0.3 is 0 Å². The van der Waals surface area contributed by atoms with Gasteiger partial charge in [0.05, 0.1) is 18.7 Å². The molecule has 0 aliphatic carbocycles. The number of aliphatic hydroxyl groups is 1. The van der Waals surface area contributed by atoms with E-state index >= 15 is 0 Å². The smallest absolute Gasteiger partial charge is 0.140 e. The van der Waals surface area contributed by atoms with Gasteiger partial charge in [-0.1, -0.05) is 48.0 Å². The van der Waals surface area contributed by atoms with Crippen LogP contribution in [-0.4, -0.2) is 26.1 Å². The fourth-order valence-corrected chi connectivity index (χ4v) is 3.87. The number of rotatable bonds is 6. The Bertz CT molecular complexity index is 1420. The van der Waals surface area contributed by atoms with Crippen LogP contribution in [0.25, 0.3) is 22.6 Å². The van der Waals surface area contributed by atoms with Gasteiger partial charge in [0.25, 0.3) is 0 Å². The number of hydrogen-bond donors (Lipinski definition) is 2. The second-order valence-electron chi connectivity index (χ2n) is 7.16. The molecular weight excluding hydrogens is 424 g/mol. The highest BCUT2D eigenvalue weighted by Crippen LogP contribution is 2.29. The second kappa shape index (κ2) is 8.99. The molecule has 0 fully saturated rings. The van der Waals surface area contributed by atoms with Crippen molar-refractivity contribution in [3.63, 3.8) is 0 Å². The lowest BCUT2D eigenvalue weighted by molar-refractivity contribution is 0.270. The van der Waals surface area contributed by atoms with E-state index < -0.39 is 0 Å². The largest absolute Gasteiger partial charge is 0.394 e. The van der Waals surface area contributed by atoms with Crippen molar-refractivity contribution in [2.75, 3.05) is 12.3 Å². The number of nitrogens with two attached hydrogens (primary N) is 1. The van der Waals surface area contributed by atoms with Crippen LogP contribution < -0.4 is 5.73 Å². The van der Waals surface area contributed by atoms with Gasteiger partial charge in [0.1, 0.15) is 29.2 Å². The number of nitrogens with zero attached hydrogens (tertiary/aromatic N) is 5. The fourth-order valence-electron chi connectivity index (χ4n) is 3.68. The number of nitrogen functional groups attached to an aromatic ring is 1. The van der Waals surface area contributed by atoms with Gasteiger partial charge in [-0.2, -0.15) is 15.6 Å². The van der Waals surface area contributed by atoms with Crippen molar-refractivity contribution in [2.45, 2.75) is 13.1 Å². The minimum Gasteiger partial charge on any atom is -0.394 e. The maximum Gasteiger partial charge on any atom is 0.140 e. The van der Waals surface area contributed by atoms with E-state index in [0.717, 1.165) is 22.0 Å². The van der Waals surface area contributed by atoms with Gasteiger partial charge in [-0.05, 0) is 23.8 Å². The highest BCUT2D eigenvalue weighted by Gasteiger charge is 2.19. The van der Waals surface area contributed by atoms with Crippen molar-refractivity contribution >= 4 is 40.0 Å². The molecule has 0 aliphatic heterocycles. The number of fused-ring (bicyclic) bond motifs is 1. The Labute approximate surface area is 189 Å². The van der Waals surface area contributed by atoms with Crippen LogP contribution in [0.2, 0.25) is 5.02 Å². The Morgan fingerprint density at radius 3 is 2.62 bits per heavy atom. The Balaban J connectivity index is 1.84. The number of nitriles is 2. The number of hydrogen-bond acceptors (Lipinski definition) is 5. The van der Waals surface area contributed by atoms with Crippen LogP contribution in [-0.2, 0) is 13.1 Å². The summed E-state index contributed by atoms with van der Waals surface area (Å²) in [4.78, 5) is 0.